The van der Waals surface area contributed by atoms with Gasteiger partial charge in [-0.1, -0.05) is 42.5 Å². The van der Waals surface area contributed by atoms with Crippen LogP contribution in [0.1, 0.15) is 0 Å². The van der Waals surface area contributed by atoms with Crippen molar-refractivity contribution in [3.05, 3.63) is 84.7 Å². The maximum atomic E-state index is 13.4. The topological polar surface area (TPSA) is 62.8 Å². The molecule has 0 unspecified atom stereocenters. The zero-order valence-corrected chi connectivity index (χ0v) is 15.9. The Bertz CT molecular complexity index is 1210. The van der Waals surface area contributed by atoms with E-state index in [0.29, 0.717) is 11.5 Å². The maximum Gasteiger partial charge on any atom is 0.175 e. The highest BCUT2D eigenvalue weighted by Gasteiger charge is 2.16. The highest BCUT2D eigenvalue weighted by atomic mass is 32.2. The van der Waals surface area contributed by atoms with Crippen LogP contribution in [0, 0.1) is 5.82 Å². The van der Waals surface area contributed by atoms with E-state index < -0.39 is 9.84 Å². The van der Waals surface area contributed by atoms with E-state index in [1.807, 2.05) is 30.3 Å². The normalized spacial score (nSPS) is 11.5. The molecule has 28 heavy (non-hydrogen) atoms. The molecule has 0 spiro atoms. The highest BCUT2D eigenvalue weighted by Crippen LogP contribution is 2.33. The molecule has 0 bridgehead atoms. The minimum absolute atomic E-state index is 0.249. The second-order valence-corrected chi connectivity index (χ2v) is 8.49. The first kappa shape index (κ1) is 18.1. The Morgan fingerprint density at radius 2 is 1.39 bits per heavy atom. The molecule has 1 N–H and O–H groups in total. The lowest BCUT2D eigenvalue weighted by atomic mass is 10.1. The van der Waals surface area contributed by atoms with Crippen molar-refractivity contribution in [1.29, 1.82) is 0 Å². The van der Waals surface area contributed by atoms with E-state index in [-0.39, 0.29) is 10.7 Å². The number of hydrogen-bond acceptors (Lipinski definition) is 3. The average molecular weight is 392 g/mol. The van der Waals surface area contributed by atoms with Crippen molar-refractivity contribution in [2.45, 2.75) is 4.90 Å². The molecule has 1 aromatic heterocycles. The number of H-pyrrole nitrogens is 1. The standard InChI is InChI=1S/C22H17FN2O2S/c1-28(26,27)19-13-9-16(10-14-19)21-20(15-7-11-18(23)12-8-15)24-22(25-21)17-5-3-2-4-6-17/h2-14H,1H3,(H,24,25). The Morgan fingerprint density at radius 3 is 2.00 bits per heavy atom. The van der Waals surface area contributed by atoms with E-state index in [0.717, 1.165) is 22.4 Å². The van der Waals surface area contributed by atoms with Crippen LogP contribution in [0.25, 0.3) is 33.9 Å². The largest absolute Gasteiger partial charge is 0.337 e. The lowest BCUT2D eigenvalue weighted by molar-refractivity contribution is 0.602. The number of imidazole rings is 1. The number of benzene rings is 3. The van der Waals surface area contributed by atoms with Crippen LogP contribution in [-0.2, 0) is 9.84 Å². The van der Waals surface area contributed by atoms with Crippen LogP contribution in [0.3, 0.4) is 0 Å². The highest BCUT2D eigenvalue weighted by molar-refractivity contribution is 7.90. The fraction of sp³-hybridized carbons (Fsp3) is 0.0455. The summed E-state index contributed by atoms with van der Waals surface area (Å²) < 4.78 is 36.8. The minimum Gasteiger partial charge on any atom is -0.337 e. The minimum atomic E-state index is -3.28. The number of rotatable bonds is 4. The smallest absolute Gasteiger partial charge is 0.175 e. The van der Waals surface area contributed by atoms with Gasteiger partial charge in [-0.2, -0.15) is 0 Å². The van der Waals surface area contributed by atoms with Gasteiger partial charge in [-0.05, 0) is 36.4 Å². The van der Waals surface area contributed by atoms with Crippen molar-refractivity contribution in [3.63, 3.8) is 0 Å². The fourth-order valence-electron chi connectivity index (χ4n) is 3.00. The molecule has 0 saturated carbocycles. The summed E-state index contributed by atoms with van der Waals surface area (Å²) >= 11 is 0. The van der Waals surface area contributed by atoms with Crippen molar-refractivity contribution in [1.82, 2.24) is 9.97 Å². The molecule has 4 rings (SSSR count). The second-order valence-electron chi connectivity index (χ2n) is 6.48. The number of hydrogen-bond donors (Lipinski definition) is 1. The molecule has 0 radical (unpaired) electrons. The van der Waals surface area contributed by atoms with Crippen LogP contribution in [0.5, 0.6) is 0 Å². The molecule has 3 aromatic carbocycles. The molecule has 4 nitrogen and oxygen atoms in total. The Kier molecular flexibility index (Phi) is 4.57. The van der Waals surface area contributed by atoms with E-state index in [4.69, 9.17) is 4.98 Å². The van der Waals surface area contributed by atoms with Gasteiger partial charge in [0.1, 0.15) is 11.6 Å². The Balaban J connectivity index is 1.87. The third-order valence-electron chi connectivity index (χ3n) is 4.44. The van der Waals surface area contributed by atoms with Crippen LogP contribution in [0.4, 0.5) is 4.39 Å². The summed E-state index contributed by atoms with van der Waals surface area (Å²) in [6, 6.07) is 22.4. The number of sulfone groups is 1. The van der Waals surface area contributed by atoms with Crippen LogP contribution in [-0.4, -0.2) is 24.6 Å². The van der Waals surface area contributed by atoms with Crippen molar-refractivity contribution in [3.8, 4) is 33.9 Å². The third-order valence-corrected chi connectivity index (χ3v) is 5.57. The molecule has 0 fully saturated rings. The molecular weight excluding hydrogens is 375 g/mol. The quantitative estimate of drug-likeness (QED) is 0.534. The van der Waals surface area contributed by atoms with Gasteiger partial charge >= 0.3 is 0 Å². The van der Waals surface area contributed by atoms with E-state index in [1.165, 1.54) is 18.4 Å². The summed E-state index contributed by atoms with van der Waals surface area (Å²) in [5.74, 6) is 0.368. The van der Waals surface area contributed by atoms with Gasteiger partial charge in [0.05, 0.1) is 16.3 Å². The zero-order valence-electron chi connectivity index (χ0n) is 15.1. The molecule has 0 saturated heterocycles. The van der Waals surface area contributed by atoms with Gasteiger partial charge in [0.2, 0.25) is 0 Å². The summed E-state index contributed by atoms with van der Waals surface area (Å²) in [7, 11) is -3.28. The molecule has 0 aliphatic carbocycles. The van der Waals surface area contributed by atoms with Gasteiger partial charge in [0.25, 0.3) is 0 Å². The molecule has 140 valence electrons. The summed E-state index contributed by atoms with van der Waals surface area (Å²) in [5, 5.41) is 0. The fourth-order valence-corrected chi connectivity index (χ4v) is 3.63. The number of aromatic amines is 1. The molecule has 0 aliphatic rings. The molecule has 1 heterocycles. The van der Waals surface area contributed by atoms with Gasteiger partial charge in [-0.3, -0.25) is 0 Å². The molecule has 6 heteroatoms. The van der Waals surface area contributed by atoms with Crippen molar-refractivity contribution in [2.75, 3.05) is 6.26 Å². The average Bonchev–Trinajstić information content (AvgIpc) is 3.14. The Morgan fingerprint density at radius 1 is 0.786 bits per heavy atom. The number of nitrogens with zero attached hydrogens (tertiary/aromatic N) is 1. The SMILES string of the molecule is CS(=O)(=O)c1ccc(-c2nc(-c3ccccc3)[nH]c2-c2ccc(F)cc2)cc1. The van der Waals surface area contributed by atoms with Gasteiger partial charge in [0.15, 0.2) is 9.84 Å². The van der Waals surface area contributed by atoms with E-state index in [2.05, 4.69) is 4.98 Å². The summed E-state index contributed by atoms with van der Waals surface area (Å²) in [5.41, 5.74) is 3.89. The second kappa shape index (κ2) is 7.05. The summed E-state index contributed by atoms with van der Waals surface area (Å²) in [6.45, 7) is 0. The third kappa shape index (κ3) is 3.59. The lowest BCUT2D eigenvalue weighted by Crippen LogP contribution is -1.96. The molecule has 4 aromatic rings. The van der Waals surface area contributed by atoms with Crippen LogP contribution in [0.2, 0.25) is 0 Å². The number of halogens is 1. The predicted octanol–water partition coefficient (Wildman–Crippen LogP) is 4.95. The van der Waals surface area contributed by atoms with Gasteiger partial charge in [-0.25, -0.2) is 17.8 Å². The van der Waals surface area contributed by atoms with Gasteiger partial charge < -0.3 is 4.98 Å². The Hall–Kier alpha value is -3.25. The van der Waals surface area contributed by atoms with Crippen molar-refractivity contribution >= 4 is 9.84 Å². The number of aromatic nitrogens is 2. The van der Waals surface area contributed by atoms with Crippen LogP contribution < -0.4 is 0 Å². The zero-order chi connectivity index (χ0) is 19.7. The Labute approximate surface area is 162 Å². The molecular formula is C22H17FN2O2S. The lowest BCUT2D eigenvalue weighted by Gasteiger charge is -2.04. The van der Waals surface area contributed by atoms with Crippen LogP contribution >= 0.6 is 0 Å². The first-order chi connectivity index (χ1) is 13.4. The maximum absolute atomic E-state index is 13.4. The number of nitrogens with one attached hydrogen (secondary N) is 1. The first-order valence-corrected chi connectivity index (χ1v) is 10.5. The van der Waals surface area contributed by atoms with Gasteiger partial charge in [0, 0.05) is 22.9 Å². The first-order valence-electron chi connectivity index (χ1n) is 8.64. The van der Waals surface area contributed by atoms with E-state index in [1.54, 1.807) is 36.4 Å². The predicted molar refractivity (Wildman–Crippen MR) is 108 cm³/mol. The molecule has 0 amide bonds. The van der Waals surface area contributed by atoms with Crippen molar-refractivity contribution in [2.24, 2.45) is 0 Å². The summed E-state index contributed by atoms with van der Waals surface area (Å²) in [4.78, 5) is 8.32. The van der Waals surface area contributed by atoms with Crippen LogP contribution in [0.15, 0.2) is 83.8 Å². The molecule has 0 aliphatic heterocycles. The monoisotopic (exact) mass is 392 g/mol. The van der Waals surface area contributed by atoms with Gasteiger partial charge in [-0.15, -0.1) is 0 Å². The van der Waals surface area contributed by atoms with E-state index >= 15 is 0 Å². The van der Waals surface area contributed by atoms with Crippen molar-refractivity contribution < 1.29 is 12.8 Å². The molecule has 0 atom stereocenters. The van der Waals surface area contributed by atoms with E-state index in [9.17, 15) is 12.8 Å². The summed E-state index contributed by atoms with van der Waals surface area (Å²) in [6.07, 6.45) is 1.17.